The molecule has 0 bridgehead atoms. The lowest BCUT2D eigenvalue weighted by Gasteiger charge is -2.34. The highest BCUT2D eigenvalue weighted by Crippen LogP contribution is 2.44. The minimum absolute atomic E-state index is 0.130. The van der Waals surface area contributed by atoms with Crippen LogP contribution in [0.4, 0.5) is 5.69 Å². The number of benzene rings is 1. The van der Waals surface area contributed by atoms with E-state index in [0.29, 0.717) is 24.6 Å². The SMILES string of the molecule is CCOC(=O)C1=C(N2CCCC2)N=C(C)C(C(=O)OC)C1c1ccccc1[N+](=O)[O-]. The van der Waals surface area contributed by atoms with Gasteiger partial charge in [-0.3, -0.25) is 14.9 Å². The first-order valence-electron chi connectivity index (χ1n) is 9.93. The van der Waals surface area contributed by atoms with Crippen LogP contribution in [0.2, 0.25) is 0 Å². The Balaban J connectivity index is 2.30. The molecule has 1 saturated heterocycles. The highest BCUT2D eigenvalue weighted by atomic mass is 16.6. The number of hydrogen-bond donors (Lipinski definition) is 0. The standard InChI is InChI=1S/C21H25N3O6/c1-4-30-21(26)18-17(14-9-5-6-10-15(14)24(27)28)16(20(25)29-3)13(2)22-19(18)23-11-7-8-12-23/h5-6,9-10,16-17H,4,7-8,11-12H2,1-3H3. The number of nitrogens with zero attached hydrogens (tertiary/aromatic N) is 3. The maximum absolute atomic E-state index is 13.1. The van der Waals surface area contributed by atoms with Gasteiger partial charge < -0.3 is 14.4 Å². The first-order valence-corrected chi connectivity index (χ1v) is 9.93. The van der Waals surface area contributed by atoms with Crippen molar-refractivity contribution in [1.29, 1.82) is 0 Å². The van der Waals surface area contributed by atoms with Crippen molar-refractivity contribution in [2.24, 2.45) is 10.9 Å². The lowest BCUT2D eigenvalue weighted by molar-refractivity contribution is -0.385. The summed E-state index contributed by atoms with van der Waals surface area (Å²) in [5.74, 6) is -2.73. The molecule has 30 heavy (non-hydrogen) atoms. The summed E-state index contributed by atoms with van der Waals surface area (Å²) in [6, 6.07) is 6.13. The molecule has 2 atom stereocenters. The minimum Gasteiger partial charge on any atom is -0.468 e. The second kappa shape index (κ2) is 9.06. The molecule has 0 radical (unpaired) electrons. The molecule has 9 nitrogen and oxygen atoms in total. The van der Waals surface area contributed by atoms with Gasteiger partial charge in [0.1, 0.15) is 11.7 Å². The van der Waals surface area contributed by atoms with Crippen molar-refractivity contribution in [2.45, 2.75) is 32.6 Å². The maximum Gasteiger partial charge on any atom is 0.338 e. The van der Waals surface area contributed by atoms with E-state index in [-0.39, 0.29) is 23.4 Å². The van der Waals surface area contributed by atoms with Crippen molar-refractivity contribution in [3.05, 3.63) is 51.3 Å². The fourth-order valence-electron chi connectivity index (χ4n) is 4.13. The number of para-hydroxylation sites is 1. The number of esters is 2. The molecular weight excluding hydrogens is 390 g/mol. The van der Waals surface area contributed by atoms with Gasteiger partial charge in [-0.05, 0) is 26.7 Å². The molecule has 2 aliphatic rings. The summed E-state index contributed by atoms with van der Waals surface area (Å²) in [6.45, 7) is 4.91. The molecule has 1 fully saturated rings. The van der Waals surface area contributed by atoms with E-state index in [2.05, 4.69) is 4.99 Å². The second-order valence-electron chi connectivity index (χ2n) is 7.20. The zero-order valence-corrected chi connectivity index (χ0v) is 17.3. The molecule has 0 spiro atoms. The fraction of sp³-hybridized carbons (Fsp3) is 0.476. The number of carbonyl (C=O) groups excluding carboxylic acids is 2. The van der Waals surface area contributed by atoms with Crippen molar-refractivity contribution in [3.63, 3.8) is 0 Å². The molecule has 0 aliphatic carbocycles. The van der Waals surface area contributed by atoms with Crippen molar-refractivity contribution in [3.8, 4) is 0 Å². The van der Waals surface area contributed by atoms with Gasteiger partial charge in [0.15, 0.2) is 0 Å². The number of aliphatic imine (C=N–C) groups is 1. The van der Waals surface area contributed by atoms with Gasteiger partial charge in [0.2, 0.25) is 0 Å². The molecule has 0 saturated carbocycles. The van der Waals surface area contributed by atoms with Crippen molar-refractivity contribution >= 4 is 23.3 Å². The number of rotatable bonds is 6. The first kappa shape index (κ1) is 21.5. The fourth-order valence-corrected chi connectivity index (χ4v) is 4.13. The molecule has 2 aliphatic heterocycles. The van der Waals surface area contributed by atoms with Crippen LogP contribution >= 0.6 is 0 Å². The van der Waals surface area contributed by atoms with Crippen molar-refractivity contribution in [2.75, 3.05) is 26.8 Å². The quantitative estimate of drug-likeness (QED) is 0.399. The van der Waals surface area contributed by atoms with Crippen LogP contribution in [-0.4, -0.2) is 54.3 Å². The average molecular weight is 415 g/mol. The third-order valence-electron chi connectivity index (χ3n) is 5.44. The number of ether oxygens (including phenoxy) is 2. The normalized spacial score (nSPS) is 21.3. The molecule has 0 aromatic heterocycles. The summed E-state index contributed by atoms with van der Waals surface area (Å²) in [7, 11) is 1.25. The number of methoxy groups -OCH3 is 1. The Hall–Kier alpha value is -3.23. The highest BCUT2D eigenvalue weighted by molar-refractivity contribution is 6.07. The Labute approximate surface area is 174 Å². The average Bonchev–Trinajstić information content (AvgIpc) is 3.27. The van der Waals surface area contributed by atoms with Gasteiger partial charge in [-0.15, -0.1) is 0 Å². The Morgan fingerprint density at radius 3 is 2.53 bits per heavy atom. The number of hydrogen-bond acceptors (Lipinski definition) is 8. The van der Waals surface area contributed by atoms with E-state index < -0.39 is 28.7 Å². The number of likely N-dealkylation sites (tertiary alicyclic amines) is 1. The predicted molar refractivity (Wildman–Crippen MR) is 109 cm³/mol. The predicted octanol–water partition coefficient (Wildman–Crippen LogP) is 2.81. The molecular formula is C21H25N3O6. The van der Waals surface area contributed by atoms with Crippen LogP contribution in [-0.2, 0) is 19.1 Å². The van der Waals surface area contributed by atoms with E-state index in [4.69, 9.17) is 9.47 Å². The lowest BCUT2D eigenvalue weighted by Crippen LogP contribution is -2.39. The molecule has 2 heterocycles. The second-order valence-corrected chi connectivity index (χ2v) is 7.20. The largest absolute Gasteiger partial charge is 0.468 e. The van der Waals surface area contributed by atoms with E-state index in [1.54, 1.807) is 32.0 Å². The van der Waals surface area contributed by atoms with Gasteiger partial charge in [0, 0.05) is 36.3 Å². The Kier molecular flexibility index (Phi) is 6.49. The maximum atomic E-state index is 13.1. The van der Waals surface area contributed by atoms with Crippen molar-refractivity contribution in [1.82, 2.24) is 4.90 Å². The van der Waals surface area contributed by atoms with Gasteiger partial charge >= 0.3 is 11.9 Å². The van der Waals surface area contributed by atoms with Gasteiger partial charge in [-0.2, -0.15) is 0 Å². The molecule has 0 N–H and O–H groups in total. The third-order valence-corrected chi connectivity index (χ3v) is 5.44. The summed E-state index contributed by atoms with van der Waals surface area (Å²) in [4.78, 5) is 43.6. The zero-order valence-electron chi connectivity index (χ0n) is 17.3. The zero-order chi connectivity index (χ0) is 21.8. The minimum atomic E-state index is -0.971. The van der Waals surface area contributed by atoms with Crippen LogP contribution in [0.25, 0.3) is 0 Å². The topological polar surface area (TPSA) is 111 Å². The summed E-state index contributed by atoms with van der Waals surface area (Å²) >= 11 is 0. The summed E-state index contributed by atoms with van der Waals surface area (Å²) in [6.07, 6.45) is 1.90. The molecule has 3 rings (SSSR count). The molecule has 1 aromatic carbocycles. The van der Waals surface area contributed by atoms with Crippen LogP contribution in [0, 0.1) is 16.0 Å². The Morgan fingerprint density at radius 1 is 1.27 bits per heavy atom. The van der Waals surface area contributed by atoms with E-state index in [1.807, 2.05) is 4.90 Å². The highest BCUT2D eigenvalue weighted by Gasteiger charge is 2.46. The van der Waals surface area contributed by atoms with E-state index >= 15 is 0 Å². The van der Waals surface area contributed by atoms with Crippen LogP contribution in [0.5, 0.6) is 0 Å². The van der Waals surface area contributed by atoms with Crippen LogP contribution < -0.4 is 0 Å². The summed E-state index contributed by atoms with van der Waals surface area (Å²) in [5, 5.41) is 11.7. The van der Waals surface area contributed by atoms with Crippen LogP contribution in [0.1, 0.15) is 38.2 Å². The van der Waals surface area contributed by atoms with Gasteiger partial charge in [0.25, 0.3) is 5.69 Å². The Bertz CT molecular complexity index is 917. The summed E-state index contributed by atoms with van der Waals surface area (Å²) < 4.78 is 10.3. The van der Waals surface area contributed by atoms with Gasteiger partial charge in [-0.1, -0.05) is 18.2 Å². The number of carbonyl (C=O) groups is 2. The van der Waals surface area contributed by atoms with E-state index in [0.717, 1.165) is 12.8 Å². The molecule has 2 unspecified atom stereocenters. The Morgan fingerprint density at radius 2 is 1.93 bits per heavy atom. The first-order chi connectivity index (χ1) is 14.4. The van der Waals surface area contributed by atoms with E-state index in [9.17, 15) is 19.7 Å². The summed E-state index contributed by atoms with van der Waals surface area (Å²) in [5.41, 5.74) is 0.689. The third kappa shape index (κ3) is 3.92. The molecule has 160 valence electrons. The van der Waals surface area contributed by atoms with Crippen LogP contribution in [0.3, 0.4) is 0 Å². The lowest BCUT2D eigenvalue weighted by atomic mass is 9.75. The van der Waals surface area contributed by atoms with Gasteiger partial charge in [-0.25, -0.2) is 9.79 Å². The number of nitro benzene ring substituents is 1. The number of nitro groups is 1. The van der Waals surface area contributed by atoms with Gasteiger partial charge in [0.05, 0.1) is 24.2 Å². The molecule has 9 heteroatoms. The van der Waals surface area contributed by atoms with Crippen molar-refractivity contribution < 1.29 is 24.0 Å². The van der Waals surface area contributed by atoms with Crippen LogP contribution in [0.15, 0.2) is 40.7 Å². The molecule has 1 aromatic rings. The monoisotopic (exact) mass is 415 g/mol. The smallest absolute Gasteiger partial charge is 0.338 e. The van der Waals surface area contributed by atoms with E-state index in [1.165, 1.54) is 13.2 Å². The molecule has 0 amide bonds.